The third kappa shape index (κ3) is 3.86. The molecule has 2 amide bonds. The Morgan fingerprint density at radius 2 is 1.90 bits per heavy atom. The lowest BCUT2D eigenvalue weighted by Crippen LogP contribution is -2.55. The highest BCUT2D eigenvalue weighted by Crippen LogP contribution is 2.44. The summed E-state index contributed by atoms with van der Waals surface area (Å²) in [5, 5.41) is 12.5. The summed E-state index contributed by atoms with van der Waals surface area (Å²) in [4.78, 5) is 29.0. The summed E-state index contributed by atoms with van der Waals surface area (Å²) < 4.78 is 26.9. The maximum atomic E-state index is 13.9. The number of tetrazole rings is 1. The first-order chi connectivity index (χ1) is 18.7. The van der Waals surface area contributed by atoms with Crippen LogP contribution in [0.25, 0.3) is 33.8 Å². The number of fused-ring (bicyclic) bond motifs is 3. The van der Waals surface area contributed by atoms with Gasteiger partial charge in [0.25, 0.3) is 5.91 Å². The van der Waals surface area contributed by atoms with Crippen LogP contribution in [0, 0.1) is 5.82 Å². The predicted octanol–water partition coefficient (Wildman–Crippen LogP) is 2.39. The molecule has 4 aromatic rings. The maximum absolute atomic E-state index is 13.9. The molecule has 0 radical (unpaired) electrons. The molecule has 11 nitrogen and oxygen atoms in total. The van der Waals surface area contributed by atoms with Crippen molar-refractivity contribution in [1.29, 1.82) is 0 Å². The zero-order valence-electron chi connectivity index (χ0n) is 21.6. The lowest BCUT2D eigenvalue weighted by molar-refractivity contribution is -0.126. The van der Waals surface area contributed by atoms with Crippen LogP contribution in [-0.4, -0.2) is 67.5 Å². The van der Waals surface area contributed by atoms with Gasteiger partial charge in [0.2, 0.25) is 11.7 Å². The molecule has 1 saturated heterocycles. The molecule has 12 heteroatoms. The molecule has 200 valence electrons. The van der Waals surface area contributed by atoms with Crippen LogP contribution in [0.4, 0.5) is 4.39 Å². The number of amides is 2. The molecule has 0 spiro atoms. The topological polar surface area (TPSA) is 130 Å². The second-order valence-electron chi connectivity index (χ2n) is 9.86. The Morgan fingerprint density at radius 3 is 2.56 bits per heavy atom. The SMILES string of the molecule is COc1cc2c(cc1-c1nnn(C)n1)-c1c(-c3ccc(F)cc3)cc(C(=O)N3COC[C@]3(C)C(N)=O)n1CC2. The molecule has 1 fully saturated rings. The van der Waals surface area contributed by atoms with E-state index < -0.39 is 11.4 Å². The smallest absolute Gasteiger partial charge is 0.273 e. The molecule has 2 aliphatic heterocycles. The fourth-order valence-electron chi connectivity index (χ4n) is 5.30. The van der Waals surface area contributed by atoms with Crippen LogP contribution in [0.2, 0.25) is 0 Å². The number of rotatable bonds is 5. The number of carbonyl (C=O) groups is 2. The first kappa shape index (κ1) is 24.7. The van der Waals surface area contributed by atoms with E-state index in [2.05, 4.69) is 15.4 Å². The van der Waals surface area contributed by atoms with Crippen molar-refractivity contribution in [2.24, 2.45) is 12.8 Å². The van der Waals surface area contributed by atoms with Crippen molar-refractivity contribution < 1.29 is 23.5 Å². The summed E-state index contributed by atoms with van der Waals surface area (Å²) in [6.07, 6.45) is 0.619. The quantitative estimate of drug-likeness (QED) is 0.418. The number of aryl methyl sites for hydroxylation is 2. The van der Waals surface area contributed by atoms with Gasteiger partial charge in [-0.25, -0.2) is 4.39 Å². The molecule has 0 unspecified atom stereocenters. The van der Waals surface area contributed by atoms with Crippen molar-refractivity contribution in [3.63, 3.8) is 0 Å². The van der Waals surface area contributed by atoms with Crippen molar-refractivity contribution in [1.82, 2.24) is 29.7 Å². The number of nitrogens with two attached hydrogens (primary N) is 1. The number of hydrogen-bond donors (Lipinski definition) is 1. The van der Waals surface area contributed by atoms with Gasteiger partial charge in [-0.2, -0.15) is 4.80 Å². The number of primary amides is 1. The van der Waals surface area contributed by atoms with Gasteiger partial charge in [0.15, 0.2) is 0 Å². The summed E-state index contributed by atoms with van der Waals surface area (Å²) in [7, 11) is 3.26. The van der Waals surface area contributed by atoms with Crippen molar-refractivity contribution >= 4 is 11.8 Å². The van der Waals surface area contributed by atoms with Crippen LogP contribution in [0.1, 0.15) is 23.0 Å². The Kier molecular flexibility index (Phi) is 5.72. The molecule has 4 heterocycles. The van der Waals surface area contributed by atoms with Crippen molar-refractivity contribution in [2.45, 2.75) is 25.4 Å². The predicted molar refractivity (Wildman–Crippen MR) is 138 cm³/mol. The monoisotopic (exact) mass is 531 g/mol. The summed E-state index contributed by atoms with van der Waals surface area (Å²) >= 11 is 0. The largest absolute Gasteiger partial charge is 0.496 e. The third-order valence-corrected chi connectivity index (χ3v) is 7.48. The van der Waals surface area contributed by atoms with Gasteiger partial charge in [-0.15, -0.1) is 10.2 Å². The number of hydrogen-bond acceptors (Lipinski definition) is 7. The van der Waals surface area contributed by atoms with Gasteiger partial charge in [0, 0.05) is 17.7 Å². The number of benzene rings is 2. The van der Waals surface area contributed by atoms with Gasteiger partial charge in [0.1, 0.15) is 29.5 Å². The minimum atomic E-state index is -1.28. The average molecular weight is 532 g/mol. The van der Waals surface area contributed by atoms with Crippen LogP contribution in [-0.2, 0) is 29.5 Å². The molecule has 0 aliphatic carbocycles. The van der Waals surface area contributed by atoms with Gasteiger partial charge in [0.05, 0.1) is 32.0 Å². The number of nitrogens with zero attached hydrogens (tertiary/aromatic N) is 6. The highest BCUT2D eigenvalue weighted by atomic mass is 19.1. The highest BCUT2D eigenvalue weighted by Gasteiger charge is 2.47. The van der Waals surface area contributed by atoms with Gasteiger partial charge in [-0.05, 0) is 60.0 Å². The summed E-state index contributed by atoms with van der Waals surface area (Å²) in [6, 6.07) is 11.8. The van der Waals surface area contributed by atoms with E-state index in [1.807, 2.05) is 16.7 Å². The standard InChI is InChI=1S/C27H26FN7O4/c1-27(26(29)37)13-39-14-35(27)25(36)21-12-19(15-4-6-17(28)7-5-15)23-18-11-20(24-30-32-33(2)31-24)22(38-3)10-16(18)8-9-34(21)23/h4-7,10-12H,8-9,13-14H2,1-3H3,(H2,29,37)/t27-/m1/s1. The molecule has 2 aromatic heterocycles. The molecule has 0 bridgehead atoms. The van der Waals surface area contributed by atoms with Crippen LogP contribution in [0.3, 0.4) is 0 Å². The minimum Gasteiger partial charge on any atom is -0.496 e. The van der Waals surface area contributed by atoms with Crippen molar-refractivity contribution in [2.75, 3.05) is 20.4 Å². The summed E-state index contributed by atoms with van der Waals surface area (Å²) in [5.41, 5.74) is 9.54. The zero-order valence-corrected chi connectivity index (χ0v) is 21.6. The molecule has 2 N–H and O–H groups in total. The summed E-state index contributed by atoms with van der Waals surface area (Å²) in [5.74, 6) is -0.386. The molecule has 1 atom stereocenters. The molecule has 6 rings (SSSR count). The van der Waals surface area contributed by atoms with E-state index in [4.69, 9.17) is 15.2 Å². The number of ether oxygens (including phenoxy) is 2. The van der Waals surface area contributed by atoms with E-state index in [1.165, 1.54) is 21.8 Å². The number of carbonyl (C=O) groups excluding carboxylic acids is 2. The molecular weight excluding hydrogens is 505 g/mol. The highest BCUT2D eigenvalue weighted by molar-refractivity contribution is 6.02. The second kappa shape index (κ2) is 9.02. The van der Waals surface area contributed by atoms with Gasteiger partial charge >= 0.3 is 0 Å². The second-order valence-corrected chi connectivity index (χ2v) is 9.86. The molecule has 2 aliphatic rings. The van der Waals surface area contributed by atoms with E-state index >= 15 is 0 Å². The lowest BCUT2D eigenvalue weighted by atomic mass is 9.91. The van der Waals surface area contributed by atoms with Crippen LogP contribution < -0.4 is 10.5 Å². The van der Waals surface area contributed by atoms with Crippen molar-refractivity contribution in [3.05, 3.63) is 59.5 Å². The van der Waals surface area contributed by atoms with E-state index in [0.29, 0.717) is 35.8 Å². The Hall–Kier alpha value is -4.58. The molecule has 2 aromatic carbocycles. The molecular formula is C27H26FN7O4. The van der Waals surface area contributed by atoms with Gasteiger partial charge in [-0.3, -0.25) is 14.5 Å². The third-order valence-electron chi connectivity index (χ3n) is 7.48. The Labute approximate surface area is 222 Å². The van der Waals surface area contributed by atoms with Crippen LogP contribution in [0.5, 0.6) is 5.75 Å². The van der Waals surface area contributed by atoms with Gasteiger partial charge < -0.3 is 19.8 Å². The Balaban J connectivity index is 1.57. The van der Waals surface area contributed by atoms with Crippen LogP contribution >= 0.6 is 0 Å². The van der Waals surface area contributed by atoms with E-state index in [0.717, 1.165) is 27.9 Å². The van der Waals surface area contributed by atoms with Gasteiger partial charge in [-0.1, -0.05) is 12.1 Å². The first-order valence-electron chi connectivity index (χ1n) is 12.4. The molecule has 39 heavy (non-hydrogen) atoms. The maximum Gasteiger partial charge on any atom is 0.273 e. The number of methoxy groups -OCH3 is 1. The van der Waals surface area contributed by atoms with Crippen LogP contribution in [0.15, 0.2) is 42.5 Å². The average Bonchev–Trinajstić information content (AvgIpc) is 3.65. The normalized spacial score (nSPS) is 18.1. The van der Waals surface area contributed by atoms with E-state index in [1.54, 1.807) is 39.3 Å². The lowest BCUT2D eigenvalue weighted by Gasteiger charge is -2.31. The van der Waals surface area contributed by atoms with Crippen molar-refractivity contribution in [3.8, 4) is 39.5 Å². The minimum absolute atomic E-state index is 0.0174. The Morgan fingerprint density at radius 1 is 1.13 bits per heavy atom. The first-order valence-corrected chi connectivity index (χ1v) is 12.4. The fraction of sp³-hybridized carbons (Fsp3) is 0.296. The molecule has 0 saturated carbocycles. The number of aromatic nitrogens is 5. The zero-order chi connectivity index (χ0) is 27.5. The summed E-state index contributed by atoms with van der Waals surface area (Å²) in [6.45, 7) is 2.06. The van der Waals surface area contributed by atoms with E-state index in [-0.39, 0.29) is 25.1 Å². The Bertz CT molecular complexity index is 1630. The fourth-order valence-corrected chi connectivity index (χ4v) is 5.30. The van der Waals surface area contributed by atoms with E-state index in [9.17, 15) is 14.0 Å². The number of halogens is 1.